The summed E-state index contributed by atoms with van der Waals surface area (Å²) in [6, 6.07) is 44.7. The number of hydrogen-bond acceptors (Lipinski definition) is 2. The van der Waals surface area contributed by atoms with Crippen LogP contribution in [0.25, 0.3) is 83.1 Å². The highest BCUT2D eigenvalue weighted by atomic mass is 16.3. The summed E-state index contributed by atoms with van der Waals surface area (Å²) in [7, 11) is 2.14. The van der Waals surface area contributed by atoms with Crippen molar-refractivity contribution in [2.45, 2.75) is 6.92 Å². The summed E-state index contributed by atoms with van der Waals surface area (Å²) in [6.07, 6.45) is 0. The maximum atomic E-state index is 6.58. The molecule has 9 rings (SSSR count). The second kappa shape index (κ2) is 8.94. The standard InChI is InChI=1S/C39H27N2O2/c1-24-16-19-30-28-12-6-9-15-34(28)43-38(30)37(24)39-40(2)32-13-7-8-14-33(32)41(39)27-18-21-35-31(23-27)29-20-17-26(22-36(29)42-35)25-10-4-3-5-11-25/h3-23H,1-2H3/q+1. The van der Waals surface area contributed by atoms with E-state index in [0.717, 1.165) is 83.1 Å². The number of para-hydroxylation sites is 3. The largest absolute Gasteiger partial charge is 0.456 e. The van der Waals surface area contributed by atoms with Crippen molar-refractivity contribution >= 4 is 54.9 Å². The highest BCUT2D eigenvalue weighted by molar-refractivity contribution is 6.10. The van der Waals surface area contributed by atoms with Gasteiger partial charge in [0.15, 0.2) is 16.6 Å². The van der Waals surface area contributed by atoms with Gasteiger partial charge in [-0.1, -0.05) is 78.9 Å². The molecule has 0 saturated carbocycles. The van der Waals surface area contributed by atoms with Crippen molar-refractivity contribution in [2.24, 2.45) is 7.05 Å². The zero-order valence-corrected chi connectivity index (χ0v) is 23.8. The molecule has 0 atom stereocenters. The third-order valence-corrected chi connectivity index (χ3v) is 8.81. The van der Waals surface area contributed by atoms with Crippen LogP contribution in [0, 0.1) is 6.92 Å². The molecule has 0 fully saturated rings. The molecule has 0 unspecified atom stereocenters. The Morgan fingerprint density at radius 1 is 0.558 bits per heavy atom. The number of imidazole rings is 1. The van der Waals surface area contributed by atoms with E-state index in [2.05, 4.69) is 132 Å². The van der Waals surface area contributed by atoms with Crippen LogP contribution in [0.4, 0.5) is 0 Å². The van der Waals surface area contributed by atoms with E-state index in [0.29, 0.717) is 0 Å². The molecule has 3 aromatic heterocycles. The van der Waals surface area contributed by atoms with Gasteiger partial charge in [0, 0.05) is 21.5 Å². The van der Waals surface area contributed by atoms with E-state index in [4.69, 9.17) is 8.83 Å². The maximum absolute atomic E-state index is 6.58. The summed E-state index contributed by atoms with van der Waals surface area (Å²) in [5, 5.41) is 4.45. The molecule has 0 bridgehead atoms. The molecule has 0 aliphatic carbocycles. The molecule has 0 radical (unpaired) electrons. The van der Waals surface area contributed by atoms with E-state index >= 15 is 0 Å². The van der Waals surface area contributed by atoms with E-state index in [1.165, 1.54) is 5.56 Å². The lowest BCUT2D eigenvalue weighted by Gasteiger charge is -2.07. The van der Waals surface area contributed by atoms with E-state index in [-0.39, 0.29) is 0 Å². The molecule has 0 N–H and O–H groups in total. The fraction of sp³-hybridized carbons (Fsp3) is 0.0513. The summed E-state index contributed by atoms with van der Waals surface area (Å²) in [5.74, 6) is 1.07. The Labute approximate surface area is 247 Å². The minimum atomic E-state index is 0.877. The van der Waals surface area contributed by atoms with Gasteiger partial charge >= 0.3 is 0 Å². The Bertz CT molecular complexity index is 2530. The Hall–Kier alpha value is -5.61. The van der Waals surface area contributed by atoms with Crippen LogP contribution in [-0.2, 0) is 7.05 Å². The average Bonchev–Trinajstić information content (AvgIpc) is 3.70. The van der Waals surface area contributed by atoms with Crippen molar-refractivity contribution in [2.75, 3.05) is 0 Å². The van der Waals surface area contributed by atoms with Crippen molar-refractivity contribution in [3.8, 4) is 28.2 Å². The van der Waals surface area contributed by atoms with Gasteiger partial charge in [0.2, 0.25) is 0 Å². The predicted octanol–water partition coefficient (Wildman–Crippen LogP) is 9.90. The van der Waals surface area contributed by atoms with Crippen LogP contribution in [0.2, 0.25) is 0 Å². The second-order valence-corrected chi connectivity index (χ2v) is 11.3. The SMILES string of the molecule is Cc1ccc2c(oc3ccccc32)c1-c1n(-c2ccc3oc4cc(-c5ccccc5)ccc4c3c2)c2ccccc2[n+]1C. The maximum Gasteiger partial charge on any atom is 0.298 e. The number of benzene rings is 6. The molecule has 0 aliphatic heterocycles. The van der Waals surface area contributed by atoms with Gasteiger partial charge in [0.25, 0.3) is 5.82 Å². The number of furan rings is 2. The number of fused-ring (bicyclic) bond motifs is 7. The lowest BCUT2D eigenvalue weighted by Crippen LogP contribution is -2.30. The molecule has 0 aliphatic rings. The number of aromatic nitrogens is 2. The highest BCUT2D eigenvalue weighted by Gasteiger charge is 2.30. The summed E-state index contributed by atoms with van der Waals surface area (Å²) < 4.78 is 17.6. The summed E-state index contributed by atoms with van der Waals surface area (Å²) in [6.45, 7) is 2.17. The Kier molecular flexibility index (Phi) is 5.00. The highest BCUT2D eigenvalue weighted by Crippen LogP contribution is 2.40. The first-order valence-electron chi connectivity index (χ1n) is 14.6. The summed E-state index contributed by atoms with van der Waals surface area (Å²) in [5.41, 5.74) is 11.5. The van der Waals surface area contributed by atoms with Gasteiger partial charge in [0.1, 0.15) is 28.0 Å². The van der Waals surface area contributed by atoms with Gasteiger partial charge in [-0.3, -0.25) is 0 Å². The van der Waals surface area contributed by atoms with Gasteiger partial charge in [-0.2, -0.15) is 4.57 Å². The number of hydrogen-bond donors (Lipinski definition) is 0. The Balaban J connectivity index is 1.32. The van der Waals surface area contributed by atoms with Crippen molar-refractivity contribution < 1.29 is 13.4 Å². The first-order valence-corrected chi connectivity index (χ1v) is 14.6. The Morgan fingerprint density at radius 2 is 1.30 bits per heavy atom. The van der Waals surface area contributed by atoms with Crippen molar-refractivity contribution in [3.63, 3.8) is 0 Å². The van der Waals surface area contributed by atoms with Crippen LogP contribution in [0.5, 0.6) is 0 Å². The molecular weight excluding hydrogens is 528 g/mol. The van der Waals surface area contributed by atoms with E-state index in [1.807, 2.05) is 18.2 Å². The van der Waals surface area contributed by atoms with Gasteiger partial charge < -0.3 is 8.83 Å². The second-order valence-electron chi connectivity index (χ2n) is 11.3. The van der Waals surface area contributed by atoms with E-state index in [1.54, 1.807) is 0 Å². The molecule has 43 heavy (non-hydrogen) atoms. The molecule has 9 aromatic rings. The van der Waals surface area contributed by atoms with Crippen molar-refractivity contribution in [1.82, 2.24) is 4.57 Å². The molecule has 0 spiro atoms. The smallest absolute Gasteiger partial charge is 0.298 e. The van der Waals surface area contributed by atoms with Crippen molar-refractivity contribution in [3.05, 3.63) is 133 Å². The van der Waals surface area contributed by atoms with Crippen LogP contribution in [0.15, 0.2) is 136 Å². The quantitative estimate of drug-likeness (QED) is 0.203. The average molecular weight is 556 g/mol. The molecule has 204 valence electrons. The number of aryl methyl sites for hydroxylation is 2. The first kappa shape index (κ1) is 24.0. The molecule has 4 heteroatoms. The number of nitrogens with zero attached hydrogens (tertiary/aromatic N) is 2. The fourth-order valence-corrected chi connectivity index (χ4v) is 6.74. The minimum absolute atomic E-state index is 0.877. The van der Waals surface area contributed by atoms with Gasteiger partial charge in [-0.05, 0) is 72.1 Å². The molecule has 4 nitrogen and oxygen atoms in total. The lowest BCUT2D eigenvalue weighted by molar-refractivity contribution is -0.633. The summed E-state index contributed by atoms with van der Waals surface area (Å²) in [4.78, 5) is 0. The van der Waals surface area contributed by atoms with Gasteiger partial charge in [0.05, 0.1) is 7.05 Å². The lowest BCUT2D eigenvalue weighted by atomic mass is 10.0. The molecule has 3 heterocycles. The van der Waals surface area contributed by atoms with Crippen molar-refractivity contribution in [1.29, 1.82) is 0 Å². The van der Waals surface area contributed by atoms with Crippen LogP contribution in [0.1, 0.15) is 5.56 Å². The van der Waals surface area contributed by atoms with Crippen LogP contribution < -0.4 is 4.57 Å². The third-order valence-electron chi connectivity index (χ3n) is 8.81. The summed E-state index contributed by atoms with van der Waals surface area (Å²) >= 11 is 0. The van der Waals surface area contributed by atoms with Crippen LogP contribution in [-0.4, -0.2) is 4.57 Å². The number of rotatable bonds is 3. The predicted molar refractivity (Wildman–Crippen MR) is 175 cm³/mol. The van der Waals surface area contributed by atoms with Crippen LogP contribution in [0.3, 0.4) is 0 Å². The monoisotopic (exact) mass is 555 g/mol. The van der Waals surface area contributed by atoms with E-state index < -0.39 is 0 Å². The molecule has 6 aromatic carbocycles. The fourth-order valence-electron chi connectivity index (χ4n) is 6.74. The normalized spacial score (nSPS) is 12.0. The molecule has 0 amide bonds. The minimum Gasteiger partial charge on any atom is -0.456 e. The van der Waals surface area contributed by atoms with Gasteiger partial charge in [-0.15, -0.1) is 0 Å². The Morgan fingerprint density at radius 3 is 2.21 bits per heavy atom. The van der Waals surface area contributed by atoms with E-state index in [9.17, 15) is 0 Å². The zero-order chi connectivity index (χ0) is 28.7. The molecule has 0 saturated heterocycles. The first-order chi connectivity index (χ1) is 21.2. The topological polar surface area (TPSA) is 35.1 Å². The molecular formula is C39H27N2O2+. The third kappa shape index (κ3) is 3.47. The van der Waals surface area contributed by atoms with Crippen LogP contribution >= 0.6 is 0 Å². The zero-order valence-electron chi connectivity index (χ0n) is 23.8. The van der Waals surface area contributed by atoms with Gasteiger partial charge in [-0.25, -0.2) is 4.57 Å².